The van der Waals surface area contributed by atoms with Gasteiger partial charge in [0.1, 0.15) is 0 Å². The first kappa shape index (κ1) is 12.8. The van der Waals surface area contributed by atoms with Crippen LogP contribution >= 0.6 is 11.3 Å². The summed E-state index contributed by atoms with van der Waals surface area (Å²) in [5.41, 5.74) is 8.73. The number of amides is 1. The van der Waals surface area contributed by atoms with Crippen LogP contribution < -0.4 is 11.1 Å². The van der Waals surface area contributed by atoms with Crippen molar-refractivity contribution in [3.8, 4) is 0 Å². The summed E-state index contributed by atoms with van der Waals surface area (Å²) >= 11 is 1.47. The molecule has 3 nitrogen and oxygen atoms in total. The lowest BCUT2D eigenvalue weighted by Gasteiger charge is -2.05. The molecule has 0 unspecified atom stereocenters. The van der Waals surface area contributed by atoms with E-state index in [-0.39, 0.29) is 5.91 Å². The lowest BCUT2D eigenvalue weighted by molar-refractivity contribution is 0.0954. The van der Waals surface area contributed by atoms with Crippen molar-refractivity contribution in [2.24, 2.45) is 5.73 Å². The minimum absolute atomic E-state index is 0.00889. The Balaban J connectivity index is 1.95. The number of nitrogens with two attached hydrogens (primary N) is 1. The van der Waals surface area contributed by atoms with Gasteiger partial charge in [-0.3, -0.25) is 4.79 Å². The smallest absolute Gasteiger partial charge is 0.261 e. The third kappa shape index (κ3) is 2.97. The van der Waals surface area contributed by atoms with Crippen LogP contribution in [0.25, 0.3) is 0 Å². The van der Waals surface area contributed by atoms with E-state index in [2.05, 4.69) is 5.32 Å². The normalized spacial score (nSPS) is 10.3. The molecule has 0 atom stereocenters. The van der Waals surface area contributed by atoms with Gasteiger partial charge in [0.25, 0.3) is 5.91 Å². The summed E-state index contributed by atoms with van der Waals surface area (Å²) in [5.74, 6) is -0.00889. The molecular formula is C14H16N2OS. The van der Waals surface area contributed by atoms with Crippen LogP contribution in [-0.4, -0.2) is 5.91 Å². The Labute approximate surface area is 111 Å². The van der Waals surface area contributed by atoms with E-state index in [9.17, 15) is 4.79 Å². The molecule has 0 fully saturated rings. The van der Waals surface area contributed by atoms with E-state index in [0.29, 0.717) is 13.1 Å². The third-order valence-corrected chi connectivity index (χ3v) is 3.80. The Morgan fingerprint density at radius 2 is 1.89 bits per heavy atom. The fourth-order valence-corrected chi connectivity index (χ4v) is 2.50. The molecule has 2 rings (SSSR count). The molecule has 0 saturated heterocycles. The maximum Gasteiger partial charge on any atom is 0.261 e. The minimum Gasteiger partial charge on any atom is -0.347 e. The second kappa shape index (κ2) is 5.80. The van der Waals surface area contributed by atoms with Crippen LogP contribution in [0.2, 0.25) is 0 Å². The number of carbonyl (C=O) groups is 1. The standard InChI is InChI=1S/C14H16N2OS/c1-10-6-7-18-13(10)14(17)16-9-12-4-2-11(8-15)3-5-12/h2-7H,8-9,15H2,1H3,(H,16,17). The van der Waals surface area contributed by atoms with Gasteiger partial charge in [-0.15, -0.1) is 11.3 Å². The van der Waals surface area contributed by atoms with Crippen LogP contribution in [0.1, 0.15) is 26.4 Å². The number of benzene rings is 1. The molecule has 4 heteroatoms. The molecule has 1 aromatic carbocycles. The SMILES string of the molecule is Cc1ccsc1C(=O)NCc1ccc(CN)cc1. The van der Waals surface area contributed by atoms with Crippen molar-refractivity contribution in [3.05, 3.63) is 57.3 Å². The Kier molecular flexibility index (Phi) is 4.12. The van der Waals surface area contributed by atoms with E-state index in [4.69, 9.17) is 5.73 Å². The number of thiophene rings is 1. The highest BCUT2D eigenvalue weighted by atomic mass is 32.1. The molecule has 0 bridgehead atoms. The van der Waals surface area contributed by atoms with Crippen molar-refractivity contribution in [2.45, 2.75) is 20.0 Å². The van der Waals surface area contributed by atoms with Gasteiger partial charge in [-0.1, -0.05) is 24.3 Å². The summed E-state index contributed by atoms with van der Waals surface area (Å²) in [5, 5.41) is 4.85. The van der Waals surface area contributed by atoms with Crippen molar-refractivity contribution in [1.82, 2.24) is 5.32 Å². The zero-order valence-corrected chi connectivity index (χ0v) is 11.1. The highest BCUT2D eigenvalue weighted by molar-refractivity contribution is 7.12. The van der Waals surface area contributed by atoms with Crippen LogP contribution in [0, 0.1) is 6.92 Å². The quantitative estimate of drug-likeness (QED) is 0.887. The predicted octanol–water partition coefficient (Wildman–Crippen LogP) is 2.45. The fraction of sp³-hybridized carbons (Fsp3) is 0.214. The Morgan fingerprint density at radius 1 is 1.22 bits per heavy atom. The number of rotatable bonds is 4. The summed E-state index contributed by atoms with van der Waals surface area (Å²) in [6, 6.07) is 9.90. The Bertz CT molecular complexity index is 531. The molecule has 0 aliphatic heterocycles. The van der Waals surface area contributed by atoms with Crippen molar-refractivity contribution >= 4 is 17.2 Å². The summed E-state index contributed by atoms with van der Waals surface area (Å²) in [6.07, 6.45) is 0. The van der Waals surface area contributed by atoms with Crippen molar-refractivity contribution in [2.75, 3.05) is 0 Å². The maximum absolute atomic E-state index is 11.9. The van der Waals surface area contributed by atoms with Crippen LogP contribution in [-0.2, 0) is 13.1 Å². The molecule has 0 radical (unpaired) electrons. The summed E-state index contributed by atoms with van der Waals surface area (Å²) in [6.45, 7) is 3.03. The number of hydrogen-bond donors (Lipinski definition) is 2. The van der Waals surface area contributed by atoms with Crippen LogP contribution in [0.15, 0.2) is 35.7 Å². The molecular weight excluding hydrogens is 244 g/mol. The fourth-order valence-electron chi connectivity index (χ4n) is 1.66. The molecule has 1 amide bonds. The molecule has 0 aliphatic carbocycles. The number of hydrogen-bond acceptors (Lipinski definition) is 3. The molecule has 1 aromatic heterocycles. The lowest BCUT2D eigenvalue weighted by Crippen LogP contribution is -2.22. The maximum atomic E-state index is 11.9. The monoisotopic (exact) mass is 260 g/mol. The average Bonchev–Trinajstić information content (AvgIpc) is 2.83. The summed E-state index contributed by atoms with van der Waals surface area (Å²) < 4.78 is 0. The van der Waals surface area contributed by atoms with Gasteiger partial charge in [0.2, 0.25) is 0 Å². The van der Waals surface area contributed by atoms with Crippen molar-refractivity contribution in [1.29, 1.82) is 0 Å². The van der Waals surface area contributed by atoms with E-state index in [1.54, 1.807) is 0 Å². The van der Waals surface area contributed by atoms with E-state index in [1.807, 2.05) is 42.6 Å². The largest absolute Gasteiger partial charge is 0.347 e. The van der Waals surface area contributed by atoms with E-state index >= 15 is 0 Å². The van der Waals surface area contributed by atoms with Crippen molar-refractivity contribution in [3.63, 3.8) is 0 Å². The number of aryl methyl sites for hydroxylation is 1. The van der Waals surface area contributed by atoms with Crippen molar-refractivity contribution < 1.29 is 4.79 Å². The summed E-state index contributed by atoms with van der Waals surface area (Å²) in [7, 11) is 0. The highest BCUT2D eigenvalue weighted by Crippen LogP contribution is 2.15. The molecule has 0 saturated carbocycles. The van der Waals surface area contributed by atoms with Gasteiger partial charge in [-0.2, -0.15) is 0 Å². The van der Waals surface area contributed by atoms with Gasteiger partial charge in [0.05, 0.1) is 4.88 Å². The molecule has 2 aromatic rings. The molecule has 18 heavy (non-hydrogen) atoms. The van der Waals surface area contributed by atoms with E-state index < -0.39 is 0 Å². The van der Waals surface area contributed by atoms with Gasteiger partial charge in [0, 0.05) is 13.1 Å². The van der Waals surface area contributed by atoms with Crippen LogP contribution in [0.4, 0.5) is 0 Å². The minimum atomic E-state index is -0.00889. The molecule has 1 heterocycles. The summed E-state index contributed by atoms with van der Waals surface area (Å²) in [4.78, 5) is 12.7. The van der Waals surface area contributed by atoms with Gasteiger partial charge in [-0.25, -0.2) is 0 Å². The van der Waals surface area contributed by atoms with E-state index in [0.717, 1.165) is 21.6 Å². The second-order valence-corrected chi connectivity index (χ2v) is 5.05. The molecule has 0 aliphatic rings. The van der Waals surface area contributed by atoms with E-state index in [1.165, 1.54) is 11.3 Å². The Hall–Kier alpha value is -1.65. The topological polar surface area (TPSA) is 55.1 Å². The first-order valence-electron chi connectivity index (χ1n) is 5.81. The van der Waals surface area contributed by atoms with Gasteiger partial charge >= 0.3 is 0 Å². The second-order valence-electron chi connectivity index (χ2n) is 4.14. The van der Waals surface area contributed by atoms with Gasteiger partial charge in [0.15, 0.2) is 0 Å². The number of carbonyl (C=O) groups excluding carboxylic acids is 1. The van der Waals surface area contributed by atoms with Crippen LogP contribution in [0.5, 0.6) is 0 Å². The first-order chi connectivity index (χ1) is 8.70. The highest BCUT2D eigenvalue weighted by Gasteiger charge is 2.09. The zero-order chi connectivity index (χ0) is 13.0. The number of nitrogens with one attached hydrogen (secondary N) is 1. The molecule has 94 valence electrons. The van der Waals surface area contributed by atoms with Gasteiger partial charge < -0.3 is 11.1 Å². The lowest BCUT2D eigenvalue weighted by atomic mass is 10.1. The van der Waals surface area contributed by atoms with Gasteiger partial charge in [-0.05, 0) is 35.1 Å². The average molecular weight is 260 g/mol. The van der Waals surface area contributed by atoms with Crippen LogP contribution in [0.3, 0.4) is 0 Å². The molecule has 3 N–H and O–H groups in total. The molecule has 0 spiro atoms. The Morgan fingerprint density at radius 3 is 2.44 bits per heavy atom. The zero-order valence-electron chi connectivity index (χ0n) is 10.3. The third-order valence-electron chi connectivity index (χ3n) is 2.78. The first-order valence-corrected chi connectivity index (χ1v) is 6.69. The predicted molar refractivity (Wildman–Crippen MR) is 74.6 cm³/mol.